The number of amides is 2. The van der Waals surface area contributed by atoms with Crippen LogP contribution in [0.25, 0.3) is 5.70 Å². The highest BCUT2D eigenvalue weighted by Crippen LogP contribution is 2.38. The fourth-order valence-electron chi connectivity index (χ4n) is 4.16. The zero-order chi connectivity index (χ0) is 22.6. The molecule has 0 aromatic carbocycles. The predicted molar refractivity (Wildman–Crippen MR) is 113 cm³/mol. The SMILES string of the molecule is [B]n1nnc(C2=C(C[N+]3(C)CCN(C(=O)OC(C)(C)C)CC3)CS(=O)[C@@H]3CC(=O)N23)n1. The molecular weight excluding hydrogens is 421 g/mol. The second kappa shape index (κ2) is 7.70. The number of fused-ring (bicyclic) bond motifs is 1. The summed E-state index contributed by atoms with van der Waals surface area (Å²) in [6.45, 7) is 8.64. The lowest BCUT2D eigenvalue weighted by Crippen LogP contribution is -2.61. The molecule has 0 saturated carbocycles. The van der Waals surface area contributed by atoms with Gasteiger partial charge in [0.15, 0.2) is 0 Å². The first kappa shape index (κ1) is 21.9. The maximum Gasteiger partial charge on any atom is 0.410 e. The van der Waals surface area contributed by atoms with Crippen LogP contribution in [0.5, 0.6) is 0 Å². The summed E-state index contributed by atoms with van der Waals surface area (Å²) >= 11 is 0. The molecule has 0 spiro atoms. The zero-order valence-electron chi connectivity index (χ0n) is 18.3. The van der Waals surface area contributed by atoms with Crippen molar-refractivity contribution in [2.45, 2.75) is 38.2 Å². The number of carbonyl (C=O) groups is 2. The van der Waals surface area contributed by atoms with Crippen LogP contribution in [0.15, 0.2) is 5.57 Å². The lowest BCUT2D eigenvalue weighted by atomic mass is 10.1. The van der Waals surface area contributed by atoms with E-state index in [1.807, 2.05) is 20.8 Å². The molecule has 0 aliphatic carbocycles. The molecule has 2 fully saturated rings. The molecule has 0 N–H and O–H groups in total. The molecule has 1 aromatic heterocycles. The minimum absolute atomic E-state index is 0.101. The quantitative estimate of drug-likeness (QED) is 0.343. The fraction of sp³-hybridized carbons (Fsp3) is 0.722. The molecular formula is C18H27BN7O4S+. The minimum atomic E-state index is -1.18. The number of β-lactam (4-membered cyclic amide) rings is 1. The van der Waals surface area contributed by atoms with E-state index in [0.717, 1.165) is 10.3 Å². The van der Waals surface area contributed by atoms with Gasteiger partial charge in [0, 0.05) is 16.4 Å². The number of quaternary nitrogens is 1. The normalized spacial score (nSPS) is 25.9. The molecule has 166 valence electrons. The Morgan fingerprint density at radius 2 is 2.00 bits per heavy atom. The number of rotatable bonds is 3. The molecule has 4 heterocycles. The third-order valence-electron chi connectivity index (χ3n) is 5.79. The van der Waals surface area contributed by atoms with E-state index in [2.05, 4.69) is 22.5 Å². The second-order valence-corrected chi connectivity index (χ2v) is 11.1. The topological polar surface area (TPSA) is 111 Å². The number of aromatic nitrogens is 4. The van der Waals surface area contributed by atoms with Crippen LogP contribution in [0.4, 0.5) is 4.79 Å². The highest BCUT2D eigenvalue weighted by molar-refractivity contribution is 7.86. The van der Waals surface area contributed by atoms with Gasteiger partial charge in [-0.25, -0.2) is 9.50 Å². The van der Waals surface area contributed by atoms with Crippen LogP contribution in [-0.2, 0) is 20.3 Å². The average Bonchev–Trinajstić information content (AvgIpc) is 3.07. The number of hydrogen-bond acceptors (Lipinski definition) is 7. The summed E-state index contributed by atoms with van der Waals surface area (Å²) in [5.74, 6) is 0.523. The summed E-state index contributed by atoms with van der Waals surface area (Å²) in [5, 5.41) is 11.5. The van der Waals surface area contributed by atoms with Crippen LogP contribution in [0.1, 0.15) is 33.0 Å². The lowest BCUT2D eigenvalue weighted by Gasteiger charge is -2.47. The van der Waals surface area contributed by atoms with E-state index in [-0.39, 0.29) is 29.6 Å². The third kappa shape index (κ3) is 4.38. The van der Waals surface area contributed by atoms with Crippen LogP contribution >= 0.6 is 0 Å². The molecule has 2 atom stereocenters. The third-order valence-corrected chi connectivity index (χ3v) is 7.40. The van der Waals surface area contributed by atoms with Crippen molar-refractivity contribution in [1.82, 2.24) is 29.9 Å². The van der Waals surface area contributed by atoms with Crippen molar-refractivity contribution >= 4 is 36.5 Å². The smallest absolute Gasteiger partial charge is 0.410 e. The van der Waals surface area contributed by atoms with Gasteiger partial charge in [-0.05, 0) is 20.8 Å². The molecule has 3 aliphatic heterocycles. The van der Waals surface area contributed by atoms with Gasteiger partial charge in [-0.1, -0.05) is 5.21 Å². The highest BCUT2D eigenvalue weighted by atomic mass is 32.2. The molecule has 31 heavy (non-hydrogen) atoms. The Labute approximate surface area is 184 Å². The standard InChI is InChI=1S/C18H27BN7O4S/c1-18(2,3)30-17(28)23-5-7-26(4,8-6-23)10-12-11-31(29)14-9-13(27)24(14)15(12)16-20-22-25(19)21-16/h14H,5-11H2,1-4H3/q+1/t14-,31?/m1/s1. The molecule has 11 nitrogen and oxygen atoms in total. The first-order valence-electron chi connectivity index (χ1n) is 10.2. The van der Waals surface area contributed by atoms with Crippen LogP contribution in [0.3, 0.4) is 0 Å². The molecule has 2 radical (unpaired) electrons. The Balaban J connectivity index is 1.54. The maximum atomic E-state index is 12.7. The van der Waals surface area contributed by atoms with Crippen molar-refractivity contribution in [3.05, 3.63) is 11.4 Å². The largest absolute Gasteiger partial charge is 0.444 e. The highest BCUT2D eigenvalue weighted by Gasteiger charge is 2.49. The van der Waals surface area contributed by atoms with E-state index < -0.39 is 16.4 Å². The summed E-state index contributed by atoms with van der Waals surface area (Å²) < 4.78 is 19.7. The van der Waals surface area contributed by atoms with E-state index in [0.29, 0.717) is 48.7 Å². The van der Waals surface area contributed by atoms with Crippen molar-refractivity contribution in [2.75, 3.05) is 45.5 Å². The predicted octanol–water partition coefficient (Wildman–Crippen LogP) is -0.666. The zero-order valence-corrected chi connectivity index (χ0v) is 19.1. The van der Waals surface area contributed by atoms with Gasteiger partial charge in [0.05, 0.1) is 51.1 Å². The second-order valence-electron chi connectivity index (χ2n) is 9.53. The Kier molecular flexibility index (Phi) is 5.45. The number of tetrazole rings is 1. The number of likely N-dealkylation sites (N-methyl/N-ethyl adjacent to an activating group) is 1. The maximum absolute atomic E-state index is 12.7. The van der Waals surface area contributed by atoms with Crippen LogP contribution in [0, 0.1) is 0 Å². The molecule has 13 heteroatoms. The summed E-state index contributed by atoms with van der Waals surface area (Å²) in [7, 11) is 6.50. The molecule has 2 amide bonds. The van der Waals surface area contributed by atoms with Gasteiger partial charge in [-0.2, -0.15) is 0 Å². The Hall–Kier alpha value is -2.28. The van der Waals surface area contributed by atoms with Crippen LogP contribution in [0.2, 0.25) is 0 Å². The average molecular weight is 448 g/mol. The molecule has 3 aliphatic rings. The number of nitrogens with zero attached hydrogens (tertiary/aromatic N) is 7. The number of hydrogen-bond donors (Lipinski definition) is 0. The van der Waals surface area contributed by atoms with E-state index in [9.17, 15) is 13.8 Å². The summed E-state index contributed by atoms with van der Waals surface area (Å²) in [5.41, 5.74) is 0.891. The van der Waals surface area contributed by atoms with Crippen LogP contribution in [-0.4, -0.2) is 115 Å². The number of piperazine rings is 1. The van der Waals surface area contributed by atoms with Gasteiger partial charge in [0.25, 0.3) is 7.98 Å². The Morgan fingerprint density at radius 1 is 1.32 bits per heavy atom. The number of ether oxygens (including phenoxy) is 1. The van der Waals surface area contributed by atoms with Gasteiger partial charge in [0.2, 0.25) is 11.7 Å². The summed E-state index contributed by atoms with van der Waals surface area (Å²) in [6, 6.07) is 0. The van der Waals surface area contributed by atoms with E-state index in [1.165, 1.54) is 4.90 Å². The van der Waals surface area contributed by atoms with Crippen molar-refractivity contribution < 1.29 is 23.0 Å². The first-order chi connectivity index (χ1) is 14.5. The lowest BCUT2D eigenvalue weighted by molar-refractivity contribution is -0.908. The minimum Gasteiger partial charge on any atom is -0.444 e. The van der Waals surface area contributed by atoms with Crippen molar-refractivity contribution in [3.8, 4) is 0 Å². The first-order valence-corrected chi connectivity index (χ1v) is 11.6. The molecule has 0 bridgehead atoms. The molecule has 4 rings (SSSR count). The monoisotopic (exact) mass is 448 g/mol. The molecule has 2 saturated heterocycles. The van der Waals surface area contributed by atoms with Crippen molar-refractivity contribution in [2.24, 2.45) is 0 Å². The van der Waals surface area contributed by atoms with Gasteiger partial charge >= 0.3 is 6.09 Å². The summed E-state index contributed by atoms with van der Waals surface area (Å²) in [6.07, 6.45) is -0.0490. The number of carbonyl (C=O) groups excluding carboxylic acids is 2. The van der Waals surface area contributed by atoms with Gasteiger partial charge < -0.3 is 9.22 Å². The van der Waals surface area contributed by atoms with Crippen molar-refractivity contribution in [3.63, 3.8) is 0 Å². The van der Waals surface area contributed by atoms with Gasteiger partial charge in [0.1, 0.15) is 17.5 Å². The van der Waals surface area contributed by atoms with Crippen molar-refractivity contribution in [1.29, 1.82) is 0 Å². The van der Waals surface area contributed by atoms with E-state index in [1.54, 1.807) is 4.90 Å². The Morgan fingerprint density at radius 3 is 2.55 bits per heavy atom. The Bertz CT molecular complexity index is 964. The van der Waals surface area contributed by atoms with Gasteiger partial charge in [-0.15, -0.1) is 10.2 Å². The van der Waals surface area contributed by atoms with Gasteiger partial charge in [-0.3, -0.25) is 18.8 Å². The molecule has 1 unspecified atom stereocenters. The van der Waals surface area contributed by atoms with Crippen LogP contribution < -0.4 is 0 Å². The molecule has 1 aromatic rings. The van der Waals surface area contributed by atoms with E-state index in [4.69, 9.17) is 12.7 Å². The fourth-order valence-corrected chi connectivity index (χ4v) is 5.71. The van der Waals surface area contributed by atoms with E-state index >= 15 is 0 Å². The summed E-state index contributed by atoms with van der Waals surface area (Å²) in [4.78, 5) is 28.0.